The van der Waals surface area contributed by atoms with E-state index in [-0.39, 0.29) is 0 Å². The molecule has 3 rings (SSSR count). The molecule has 0 spiro atoms. The van der Waals surface area contributed by atoms with Crippen LogP contribution < -0.4 is 5.32 Å². The van der Waals surface area contributed by atoms with Crippen LogP contribution in [-0.2, 0) is 6.42 Å². The third-order valence-electron chi connectivity index (χ3n) is 4.78. The zero-order valence-corrected chi connectivity index (χ0v) is 13.0. The predicted molar refractivity (Wildman–Crippen MR) is 89.6 cm³/mol. The Morgan fingerprint density at radius 2 is 1.90 bits per heavy atom. The summed E-state index contributed by atoms with van der Waals surface area (Å²) >= 11 is 0. The predicted octanol–water partition coefficient (Wildman–Crippen LogP) is 4.32. The smallest absolute Gasteiger partial charge is 0.0102 e. The Hall–Kier alpha value is -1.60. The van der Waals surface area contributed by atoms with Gasteiger partial charge < -0.3 is 5.32 Å². The maximum absolute atomic E-state index is 3.55. The van der Waals surface area contributed by atoms with Crippen molar-refractivity contribution >= 4 is 0 Å². The number of hydrogen-bond acceptors (Lipinski definition) is 1. The molecule has 1 saturated carbocycles. The van der Waals surface area contributed by atoms with Crippen LogP contribution in [0.25, 0.3) is 0 Å². The van der Waals surface area contributed by atoms with Crippen molar-refractivity contribution in [1.29, 1.82) is 0 Å². The first-order chi connectivity index (χ1) is 10.3. The molecule has 3 atom stereocenters. The lowest BCUT2D eigenvalue weighted by Crippen LogP contribution is -2.28. The Balaban J connectivity index is 1.57. The van der Waals surface area contributed by atoms with Gasteiger partial charge in [0.25, 0.3) is 0 Å². The zero-order chi connectivity index (χ0) is 14.7. The first-order valence-electron chi connectivity index (χ1n) is 8.05. The van der Waals surface area contributed by atoms with Crippen molar-refractivity contribution in [3.05, 3.63) is 71.3 Å². The highest BCUT2D eigenvalue weighted by atomic mass is 14.9. The summed E-state index contributed by atoms with van der Waals surface area (Å²) in [4.78, 5) is 0. The van der Waals surface area contributed by atoms with Gasteiger partial charge in [0.2, 0.25) is 0 Å². The van der Waals surface area contributed by atoms with Crippen LogP contribution in [-0.4, -0.2) is 13.1 Å². The average Bonchev–Trinajstić information content (AvgIpc) is 3.29. The molecule has 1 aliphatic carbocycles. The maximum Gasteiger partial charge on any atom is 0.0102 e. The molecule has 3 unspecified atom stereocenters. The quantitative estimate of drug-likeness (QED) is 0.830. The minimum Gasteiger partial charge on any atom is -0.317 e. The van der Waals surface area contributed by atoms with Crippen molar-refractivity contribution in [2.75, 3.05) is 7.05 Å². The van der Waals surface area contributed by atoms with E-state index in [2.05, 4.69) is 73.9 Å². The minimum absolute atomic E-state index is 0.635. The molecular weight excluding hydrogens is 254 g/mol. The Bertz CT molecular complexity index is 575. The molecule has 21 heavy (non-hydrogen) atoms. The number of nitrogens with one attached hydrogen (secondary N) is 1. The highest BCUT2D eigenvalue weighted by molar-refractivity contribution is 5.27. The van der Waals surface area contributed by atoms with Crippen LogP contribution in [0.2, 0.25) is 0 Å². The molecule has 0 aliphatic heterocycles. The van der Waals surface area contributed by atoms with Crippen molar-refractivity contribution in [2.45, 2.75) is 38.1 Å². The second-order valence-electron chi connectivity index (χ2n) is 6.34. The van der Waals surface area contributed by atoms with E-state index in [4.69, 9.17) is 0 Å². The Kier molecular flexibility index (Phi) is 4.40. The van der Waals surface area contributed by atoms with Gasteiger partial charge in [0.15, 0.2) is 0 Å². The number of hydrogen-bond donors (Lipinski definition) is 1. The first-order valence-corrected chi connectivity index (χ1v) is 8.05. The molecule has 2 aromatic carbocycles. The molecule has 110 valence electrons. The zero-order valence-electron chi connectivity index (χ0n) is 13.0. The van der Waals surface area contributed by atoms with Crippen molar-refractivity contribution in [3.63, 3.8) is 0 Å². The lowest BCUT2D eigenvalue weighted by atomic mass is 9.98. The second kappa shape index (κ2) is 6.44. The third kappa shape index (κ3) is 3.54. The highest BCUT2D eigenvalue weighted by Crippen LogP contribution is 2.50. The molecule has 1 aliphatic rings. The minimum atomic E-state index is 0.635. The third-order valence-corrected chi connectivity index (χ3v) is 4.78. The van der Waals surface area contributed by atoms with Gasteiger partial charge in [-0.3, -0.25) is 0 Å². The summed E-state index contributed by atoms with van der Waals surface area (Å²) in [5.41, 5.74) is 4.34. The Morgan fingerprint density at radius 3 is 2.62 bits per heavy atom. The van der Waals surface area contributed by atoms with Crippen LogP contribution in [0.5, 0.6) is 0 Å². The number of rotatable bonds is 6. The topological polar surface area (TPSA) is 12.0 Å². The molecule has 0 amide bonds. The van der Waals surface area contributed by atoms with E-state index < -0.39 is 0 Å². The fourth-order valence-electron chi connectivity index (χ4n) is 3.51. The molecule has 1 N–H and O–H groups in total. The SMILES string of the molecule is CNC(CCc1cccc(C)c1)C1CC1c1ccccc1. The summed E-state index contributed by atoms with van der Waals surface area (Å²) in [6.07, 6.45) is 3.74. The summed E-state index contributed by atoms with van der Waals surface area (Å²) < 4.78 is 0. The van der Waals surface area contributed by atoms with Gasteiger partial charge in [0.05, 0.1) is 0 Å². The van der Waals surface area contributed by atoms with Gasteiger partial charge in [0.1, 0.15) is 0 Å². The van der Waals surface area contributed by atoms with E-state index in [0.29, 0.717) is 6.04 Å². The van der Waals surface area contributed by atoms with E-state index in [1.54, 1.807) is 0 Å². The molecule has 0 bridgehead atoms. The van der Waals surface area contributed by atoms with Crippen LogP contribution >= 0.6 is 0 Å². The number of aryl methyl sites for hydroxylation is 2. The van der Waals surface area contributed by atoms with Gasteiger partial charge in [-0.2, -0.15) is 0 Å². The van der Waals surface area contributed by atoms with E-state index >= 15 is 0 Å². The van der Waals surface area contributed by atoms with Gasteiger partial charge in [-0.1, -0.05) is 60.2 Å². The maximum atomic E-state index is 3.55. The molecule has 1 heteroatoms. The van der Waals surface area contributed by atoms with Crippen LogP contribution in [0.15, 0.2) is 54.6 Å². The molecule has 0 aromatic heterocycles. The second-order valence-corrected chi connectivity index (χ2v) is 6.34. The molecule has 0 radical (unpaired) electrons. The molecule has 0 saturated heterocycles. The van der Waals surface area contributed by atoms with Crippen molar-refractivity contribution in [1.82, 2.24) is 5.32 Å². The highest BCUT2D eigenvalue weighted by Gasteiger charge is 2.42. The lowest BCUT2D eigenvalue weighted by molar-refractivity contribution is 0.462. The van der Waals surface area contributed by atoms with Gasteiger partial charge in [-0.25, -0.2) is 0 Å². The van der Waals surface area contributed by atoms with E-state index in [0.717, 1.165) is 11.8 Å². The van der Waals surface area contributed by atoms with Crippen molar-refractivity contribution < 1.29 is 0 Å². The number of benzene rings is 2. The fraction of sp³-hybridized carbons (Fsp3) is 0.400. The average molecular weight is 279 g/mol. The van der Waals surface area contributed by atoms with Crippen LogP contribution in [0.4, 0.5) is 0 Å². The van der Waals surface area contributed by atoms with Gasteiger partial charge in [-0.05, 0) is 56.2 Å². The van der Waals surface area contributed by atoms with E-state index in [1.165, 1.54) is 36.0 Å². The fourth-order valence-corrected chi connectivity index (χ4v) is 3.51. The van der Waals surface area contributed by atoms with Crippen LogP contribution in [0.3, 0.4) is 0 Å². The molecular formula is C20H25N. The summed E-state index contributed by atoms with van der Waals surface area (Å²) in [5, 5.41) is 3.55. The van der Waals surface area contributed by atoms with Crippen LogP contribution in [0.1, 0.15) is 35.4 Å². The molecule has 0 heterocycles. The Labute approximate surface area is 128 Å². The Morgan fingerprint density at radius 1 is 1.10 bits per heavy atom. The summed E-state index contributed by atoms with van der Waals surface area (Å²) in [5.74, 6) is 1.57. The van der Waals surface area contributed by atoms with Gasteiger partial charge >= 0.3 is 0 Å². The van der Waals surface area contributed by atoms with E-state index in [1.807, 2.05) is 0 Å². The summed E-state index contributed by atoms with van der Waals surface area (Å²) in [7, 11) is 2.11. The largest absolute Gasteiger partial charge is 0.317 e. The first kappa shape index (κ1) is 14.3. The standard InChI is InChI=1S/C20H25N/c1-15-7-6-8-16(13-15)11-12-20(21-2)19-14-18(19)17-9-4-3-5-10-17/h3-10,13,18-21H,11-12,14H2,1-2H3. The molecule has 1 nitrogen and oxygen atoms in total. The van der Waals surface area contributed by atoms with E-state index in [9.17, 15) is 0 Å². The van der Waals surface area contributed by atoms with Crippen LogP contribution in [0, 0.1) is 12.8 Å². The summed E-state index contributed by atoms with van der Waals surface area (Å²) in [6, 6.07) is 20.5. The normalized spacial score (nSPS) is 22.0. The van der Waals surface area contributed by atoms with Crippen molar-refractivity contribution in [3.8, 4) is 0 Å². The van der Waals surface area contributed by atoms with Crippen molar-refractivity contribution in [2.24, 2.45) is 5.92 Å². The van der Waals surface area contributed by atoms with Gasteiger partial charge in [0, 0.05) is 6.04 Å². The lowest BCUT2D eigenvalue weighted by Gasteiger charge is -2.16. The van der Waals surface area contributed by atoms with Gasteiger partial charge in [-0.15, -0.1) is 0 Å². The molecule has 2 aromatic rings. The summed E-state index contributed by atoms with van der Waals surface area (Å²) in [6.45, 7) is 2.17. The monoisotopic (exact) mass is 279 g/mol. The molecule has 1 fully saturated rings.